The molecule has 0 aliphatic carbocycles. The fourth-order valence-electron chi connectivity index (χ4n) is 1.53. The highest BCUT2D eigenvalue weighted by Crippen LogP contribution is 2.27. The van der Waals surface area contributed by atoms with Gasteiger partial charge < -0.3 is 11.1 Å². The lowest BCUT2D eigenvalue weighted by atomic mass is 10.2. The van der Waals surface area contributed by atoms with Gasteiger partial charge >= 0.3 is 0 Å². The quantitative estimate of drug-likeness (QED) is 0.733. The second-order valence-electron chi connectivity index (χ2n) is 3.96. The predicted molar refractivity (Wildman–Crippen MR) is 74.3 cm³/mol. The number of nitrogen functional groups attached to an aromatic ring is 1. The largest absolute Gasteiger partial charge is 0.397 e. The molecule has 18 heavy (non-hydrogen) atoms. The highest BCUT2D eigenvalue weighted by Gasteiger charge is 2.06. The van der Waals surface area contributed by atoms with E-state index in [4.69, 9.17) is 5.73 Å². The SMILES string of the molecule is Cc1c(N)cnc(NCCCc2ncn[nH]2)c1Br. The van der Waals surface area contributed by atoms with Gasteiger partial charge in [0, 0.05) is 13.0 Å². The number of nitrogens with two attached hydrogens (primary N) is 1. The van der Waals surface area contributed by atoms with Crippen LogP contribution in [0.4, 0.5) is 11.5 Å². The summed E-state index contributed by atoms with van der Waals surface area (Å²) in [6, 6.07) is 0. The average molecular weight is 311 g/mol. The smallest absolute Gasteiger partial charge is 0.140 e. The number of anilines is 2. The van der Waals surface area contributed by atoms with Crippen LogP contribution in [0.15, 0.2) is 17.0 Å². The third-order valence-corrected chi connectivity index (χ3v) is 3.62. The molecule has 0 radical (unpaired) electrons. The van der Waals surface area contributed by atoms with Gasteiger partial charge in [-0.1, -0.05) is 0 Å². The average Bonchev–Trinajstić information content (AvgIpc) is 2.87. The summed E-state index contributed by atoms with van der Waals surface area (Å²) in [5.74, 6) is 1.72. The van der Waals surface area contributed by atoms with Crippen LogP contribution < -0.4 is 11.1 Å². The lowest BCUT2D eigenvalue weighted by Gasteiger charge is -2.10. The molecule has 0 amide bonds. The molecule has 2 aromatic heterocycles. The van der Waals surface area contributed by atoms with Gasteiger partial charge in [0.1, 0.15) is 18.0 Å². The van der Waals surface area contributed by atoms with Gasteiger partial charge in [0.15, 0.2) is 0 Å². The summed E-state index contributed by atoms with van der Waals surface area (Å²) in [5, 5.41) is 9.91. The summed E-state index contributed by atoms with van der Waals surface area (Å²) in [6.07, 6.45) is 4.99. The summed E-state index contributed by atoms with van der Waals surface area (Å²) in [7, 11) is 0. The van der Waals surface area contributed by atoms with Crippen molar-refractivity contribution in [3.05, 3.63) is 28.4 Å². The fraction of sp³-hybridized carbons (Fsp3) is 0.364. The number of pyridine rings is 1. The predicted octanol–water partition coefficient (Wildman–Crippen LogP) is 1.90. The zero-order valence-corrected chi connectivity index (χ0v) is 11.7. The van der Waals surface area contributed by atoms with Gasteiger partial charge in [-0.05, 0) is 34.8 Å². The molecule has 0 saturated carbocycles. The summed E-state index contributed by atoms with van der Waals surface area (Å²) < 4.78 is 0.919. The summed E-state index contributed by atoms with van der Waals surface area (Å²) in [4.78, 5) is 8.32. The maximum absolute atomic E-state index is 5.77. The number of halogens is 1. The van der Waals surface area contributed by atoms with Crippen LogP contribution in [0.25, 0.3) is 0 Å². The molecule has 2 rings (SSSR count). The van der Waals surface area contributed by atoms with E-state index in [9.17, 15) is 0 Å². The first-order chi connectivity index (χ1) is 8.68. The van der Waals surface area contributed by atoms with Gasteiger partial charge in [-0.2, -0.15) is 5.10 Å². The highest BCUT2D eigenvalue weighted by atomic mass is 79.9. The monoisotopic (exact) mass is 310 g/mol. The first-order valence-corrected chi connectivity index (χ1v) is 6.46. The van der Waals surface area contributed by atoms with E-state index >= 15 is 0 Å². The van der Waals surface area contributed by atoms with E-state index in [0.717, 1.165) is 41.1 Å². The Morgan fingerprint density at radius 1 is 1.44 bits per heavy atom. The van der Waals surface area contributed by atoms with Crippen molar-refractivity contribution in [1.82, 2.24) is 20.2 Å². The Hall–Kier alpha value is -1.63. The molecule has 96 valence electrons. The van der Waals surface area contributed by atoms with Gasteiger partial charge in [-0.25, -0.2) is 9.97 Å². The summed E-state index contributed by atoms with van der Waals surface area (Å²) >= 11 is 3.49. The van der Waals surface area contributed by atoms with Crippen LogP contribution in [-0.4, -0.2) is 26.7 Å². The Balaban J connectivity index is 1.85. The van der Waals surface area contributed by atoms with Crippen molar-refractivity contribution in [2.45, 2.75) is 19.8 Å². The lowest BCUT2D eigenvalue weighted by Crippen LogP contribution is -2.07. The molecule has 2 aromatic rings. The van der Waals surface area contributed by atoms with Gasteiger partial charge in [0.25, 0.3) is 0 Å². The maximum atomic E-state index is 5.77. The summed E-state index contributed by atoms with van der Waals surface area (Å²) in [6.45, 7) is 2.77. The molecule has 0 spiro atoms. The Morgan fingerprint density at radius 2 is 2.28 bits per heavy atom. The Morgan fingerprint density at radius 3 is 3.00 bits per heavy atom. The topological polar surface area (TPSA) is 92.5 Å². The number of rotatable bonds is 5. The first kappa shape index (κ1) is 12.8. The van der Waals surface area contributed by atoms with Gasteiger partial charge in [-0.3, -0.25) is 5.10 Å². The Labute approximate surface area is 114 Å². The number of nitrogens with zero attached hydrogens (tertiary/aromatic N) is 3. The zero-order valence-electron chi connectivity index (χ0n) is 10.1. The molecule has 0 aromatic carbocycles. The zero-order chi connectivity index (χ0) is 13.0. The van der Waals surface area contributed by atoms with Crippen LogP contribution in [0, 0.1) is 6.92 Å². The molecule has 0 aliphatic rings. The van der Waals surface area contributed by atoms with Crippen molar-refractivity contribution < 1.29 is 0 Å². The third-order valence-electron chi connectivity index (χ3n) is 2.65. The molecule has 2 heterocycles. The summed E-state index contributed by atoms with van der Waals surface area (Å²) in [5.41, 5.74) is 7.46. The minimum atomic E-state index is 0.689. The van der Waals surface area contributed by atoms with E-state index in [0.29, 0.717) is 5.69 Å². The highest BCUT2D eigenvalue weighted by molar-refractivity contribution is 9.10. The second-order valence-corrected chi connectivity index (χ2v) is 4.76. The van der Waals surface area contributed by atoms with E-state index in [2.05, 4.69) is 41.4 Å². The van der Waals surface area contributed by atoms with Crippen LogP contribution in [-0.2, 0) is 6.42 Å². The minimum Gasteiger partial charge on any atom is -0.397 e. The molecule has 0 saturated heterocycles. The molecule has 7 heteroatoms. The molecule has 6 nitrogen and oxygen atoms in total. The number of nitrogens with one attached hydrogen (secondary N) is 2. The molecular weight excluding hydrogens is 296 g/mol. The number of aromatic nitrogens is 4. The molecule has 0 atom stereocenters. The number of hydrogen-bond donors (Lipinski definition) is 3. The van der Waals surface area contributed by atoms with E-state index in [-0.39, 0.29) is 0 Å². The van der Waals surface area contributed by atoms with E-state index in [1.165, 1.54) is 6.33 Å². The second kappa shape index (κ2) is 5.81. The normalized spacial score (nSPS) is 10.6. The van der Waals surface area contributed by atoms with Crippen molar-refractivity contribution in [3.63, 3.8) is 0 Å². The number of hydrogen-bond acceptors (Lipinski definition) is 5. The van der Waals surface area contributed by atoms with E-state index in [1.807, 2.05) is 6.92 Å². The molecule has 0 fully saturated rings. The van der Waals surface area contributed by atoms with Crippen molar-refractivity contribution in [2.75, 3.05) is 17.6 Å². The third kappa shape index (κ3) is 2.98. The van der Waals surface area contributed by atoms with Crippen LogP contribution in [0.1, 0.15) is 17.8 Å². The fourth-order valence-corrected chi connectivity index (χ4v) is 2.00. The van der Waals surface area contributed by atoms with Crippen LogP contribution in [0.2, 0.25) is 0 Å². The first-order valence-electron chi connectivity index (χ1n) is 5.67. The molecule has 0 unspecified atom stereocenters. The number of aromatic amines is 1. The Bertz CT molecular complexity index is 511. The van der Waals surface area contributed by atoms with Crippen LogP contribution in [0.5, 0.6) is 0 Å². The van der Waals surface area contributed by atoms with Crippen molar-refractivity contribution >= 4 is 27.4 Å². The van der Waals surface area contributed by atoms with Crippen LogP contribution in [0.3, 0.4) is 0 Å². The molecule has 4 N–H and O–H groups in total. The molecular formula is C11H15BrN6. The van der Waals surface area contributed by atoms with Crippen LogP contribution >= 0.6 is 15.9 Å². The Kier molecular flexibility index (Phi) is 4.14. The maximum Gasteiger partial charge on any atom is 0.140 e. The van der Waals surface area contributed by atoms with Gasteiger partial charge in [-0.15, -0.1) is 0 Å². The van der Waals surface area contributed by atoms with Gasteiger partial charge in [0.05, 0.1) is 16.4 Å². The molecule has 0 aliphatic heterocycles. The van der Waals surface area contributed by atoms with Crippen molar-refractivity contribution in [3.8, 4) is 0 Å². The van der Waals surface area contributed by atoms with Crippen molar-refractivity contribution in [2.24, 2.45) is 0 Å². The lowest BCUT2D eigenvalue weighted by molar-refractivity contribution is 0.803. The minimum absolute atomic E-state index is 0.689. The molecule has 0 bridgehead atoms. The number of aryl methyl sites for hydroxylation is 1. The van der Waals surface area contributed by atoms with Crippen molar-refractivity contribution in [1.29, 1.82) is 0 Å². The van der Waals surface area contributed by atoms with Gasteiger partial charge in [0.2, 0.25) is 0 Å². The standard InChI is InChI=1S/C11H15BrN6/c1-7-8(13)5-15-11(10(7)12)14-4-2-3-9-16-6-17-18-9/h5-6H,2-4,13H2,1H3,(H,14,15)(H,16,17,18). The van der Waals surface area contributed by atoms with E-state index < -0.39 is 0 Å². The number of H-pyrrole nitrogens is 1. The van der Waals surface area contributed by atoms with E-state index in [1.54, 1.807) is 6.20 Å².